The number of imidazole rings is 1. The van der Waals surface area contributed by atoms with Crippen molar-refractivity contribution in [1.29, 1.82) is 0 Å². The number of halogens is 6. The summed E-state index contributed by atoms with van der Waals surface area (Å²) < 4.78 is 88.0. The van der Waals surface area contributed by atoms with Gasteiger partial charge in [0.2, 0.25) is 17.8 Å². The summed E-state index contributed by atoms with van der Waals surface area (Å²) in [5.41, 5.74) is 1.05. The minimum absolute atomic E-state index is 0.0212. The number of fused-ring (bicyclic) bond motifs is 1. The lowest BCUT2D eigenvalue weighted by atomic mass is 9.86. The van der Waals surface area contributed by atoms with E-state index in [-0.39, 0.29) is 63.0 Å². The molecule has 0 saturated carbocycles. The number of nitrogens with one attached hydrogen (secondary N) is 1. The van der Waals surface area contributed by atoms with Gasteiger partial charge in [-0.15, -0.1) is 0 Å². The number of rotatable bonds is 7. The number of hydrogen-bond donors (Lipinski definition) is 2. The quantitative estimate of drug-likeness (QED) is 0.219. The molecule has 6 rings (SSSR count). The van der Waals surface area contributed by atoms with E-state index in [1.807, 2.05) is 0 Å². The monoisotopic (exact) mass is 637 g/mol. The van der Waals surface area contributed by atoms with Gasteiger partial charge >= 0.3 is 0 Å². The Morgan fingerprint density at radius 1 is 1.07 bits per heavy atom. The maximum Gasteiger partial charge on any atom is 0.257 e. The number of carbonyl (C=O) groups is 1. The standard InChI is InChI=1S/C31H34F6N6O2/c1-19(29(44)39-27-18-42-26(2-3-28(42)38-27)21-12-22(32)15-23(33)13-21)41-11-7-31(36,37)25(17-41)20-4-8-43(45)24(14-20)16-40-9-5-30(34,35)6-10-40/h4,8,12-15,18-19,25-26H,2-3,5-7,9-11,16-17H2,1H3,(H-,39,44,45)/p+1/t19-,25-,26+/m0/s1. The van der Waals surface area contributed by atoms with Gasteiger partial charge in [0, 0.05) is 81.0 Å². The highest BCUT2D eigenvalue weighted by molar-refractivity contribution is 5.93. The lowest BCUT2D eigenvalue weighted by Gasteiger charge is -2.40. The molecule has 0 spiro atoms. The zero-order chi connectivity index (χ0) is 32.1. The zero-order valence-electron chi connectivity index (χ0n) is 24.7. The maximum atomic E-state index is 15.3. The summed E-state index contributed by atoms with van der Waals surface area (Å²) >= 11 is 0. The molecule has 1 amide bonds. The molecule has 2 fully saturated rings. The van der Waals surface area contributed by atoms with Crippen LogP contribution in [0.2, 0.25) is 0 Å². The van der Waals surface area contributed by atoms with E-state index in [0.29, 0.717) is 29.9 Å². The number of anilines is 1. The van der Waals surface area contributed by atoms with E-state index in [2.05, 4.69) is 10.3 Å². The molecule has 0 bridgehead atoms. The largest absolute Gasteiger partial charge is 0.325 e. The van der Waals surface area contributed by atoms with Crippen LogP contribution in [0.25, 0.3) is 0 Å². The van der Waals surface area contributed by atoms with Crippen molar-refractivity contribution in [1.82, 2.24) is 19.4 Å². The summed E-state index contributed by atoms with van der Waals surface area (Å²) in [4.78, 5) is 21.2. The van der Waals surface area contributed by atoms with Crippen molar-refractivity contribution < 1.29 is 41.1 Å². The van der Waals surface area contributed by atoms with E-state index in [1.165, 1.54) is 30.5 Å². The summed E-state index contributed by atoms with van der Waals surface area (Å²) in [7, 11) is 0. The van der Waals surface area contributed by atoms with Gasteiger partial charge < -0.3 is 9.88 Å². The highest BCUT2D eigenvalue weighted by atomic mass is 19.3. The van der Waals surface area contributed by atoms with Crippen LogP contribution in [0.3, 0.4) is 0 Å². The van der Waals surface area contributed by atoms with E-state index < -0.39 is 47.8 Å². The third-order valence-corrected chi connectivity index (χ3v) is 9.30. The molecule has 3 aromatic rings. The van der Waals surface area contributed by atoms with Crippen LogP contribution >= 0.6 is 0 Å². The molecule has 14 heteroatoms. The summed E-state index contributed by atoms with van der Waals surface area (Å²) in [6.45, 7) is 1.86. The molecule has 242 valence electrons. The minimum atomic E-state index is -3.07. The van der Waals surface area contributed by atoms with E-state index in [4.69, 9.17) is 0 Å². The van der Waals surface area contributed by atoms with Crippen LogP contribution in [0.5, 0.6) is 0 Å². The maximum absolute atomic E-state index is 15.3. The molecule has 3 aliphatic heterocycles. The van der Waals surface area contributed by atoms with Gasteiger partial charge in [0.1, 0.15) is 17.5 Å². The highest BCUT2D eigenvalue weighted by Gasteiger charge is 2.47. The summed E-state index contributed by atoms with van der Waals surface area (Å²) in [6, 6.07) is 5.13. The Morgan fingerprint density at radius 2 is 1.78 bits per heavy atom. The van der Waals surface area contributed by atoms with Gasteiger partial charge in [-0.05, 0) is 36.6 Å². The summed E-state index contributed by atoms with van der Waals surface area (Å²) in [5, 5.41) is 13.1. The number of pyridine rings is 1. The number of aromatic nitrogens is 3. The first-order valence-electron chi connectivity index (χ1n) is 15.1. The lowest BCUT2D eigenvalue weighted by molar-refractivity contribution is -0.910. The fourth-order valence-corrected chi connectivity index (χ4v) is 6.63. The van der Waals surface area contributed by atoms with Gasteiger partial charge in [0.25, 0.3) is 11.8 Å². The Labute approximate surface area is 256 Å². The Balaban J connectivity index is 1.13. The second kappa shape index (κ2) is 11.9. The van der Waals surface area contributed by atoms with Gasteiger partial charge in [-0.25, -0.2) is 31.3 Å². The molecule has 2 aromatic heterocycles. The van der Waals surface area contributed by atoms with Gasteiger partial charge in [0.05, 0.1) is 24.5 Å². The predicted octanol–water partition coefficient (Wildman–Crippen LogP) is 4.90. The average molecular weight is 638 g/mol. The molecule has 1 aromatic carbocycles. The number of benzene rings is 1. The van der Waals surface area contributed by atoms with Crippen LogP contribution in [-0.2, 0) is 17.8 Å². The molecule has 3 aliphatic rings. The van der Waals surface area contributed by atoms with Crippen LogP contribution in [0, 0.1) is 11.6 Å². The molecule has 8 nitrogen and oxygen atoms in total. The van der Waals surface area contributed by atoms with Crippen molar-refractivity contribution in [2.24, 2.45) is 0 Å². The van der Waals surface area contributed by atoms with Crippen molar-refractivity contribution in [3.8, 4) is 0 Å². The molecule has 45 heavy (non-hydrogen) atoms. The van der Waals surface area contributed by atoms with E-state index >= 15 is 8.78 Å². The van der Waals surface area contributed by atoms with Crippen molar-refractivity contribution in [2.75, 3.05) is 31.5 Å². The molecule has 3 atom stereocenters. The highest BCUT2D eigenvalue weighted by Crippen LogP contribution is 2.41. The van der Waals surface area contributed by atoms with Crippen LogP contribution in [0.15, 0.2) is 42.7 Å². The number of nitrogens with zero attached hydrogens (tertiary/aromatic N) is 5. The van der Waals surface area contributed by atoms with Crippen LogP contribution in [-0.4, -0.2) is 74.5 Å². The molecule has 5 heterocycles. The smallest absolute Gasteiger partial charge is 0.257 e. The van der Waals surface area contributed by atoms with Crippen molar-refractivity contribution in [3.63, 3.8) is 0 Å². The van der Waals surface area contributed by atoms with Crippen LogP contribution in [0.1, 0.15) is 67.2 Å². The minimum Gasteiger partial charge on any atom is -0.325 e. The number of likely N-dealkylation sites (tertiary alicyclic amines) is 2. The predicted molar refractivity (Wildman–Crippen MR) is 150 cm³/mol. The molecule has 0 unspecified atom stereocenters. The van der Waals surface area contributed by atoms with Gasteiger partial charge in [-0.2, -0.15) is 0 Å². The Kier molecular flexibility index (Phi) is 8.31. The Morgan fingerprint density at radius 3 is 2.49 bits per heavy atom. The molecule has 2 saturated heterocycles. The first kappa shape index (κ1) is 31.3. The molecule has 0 radical (unpaired) electrons. The molecular weight excluding hydrogens is 602 g/mol. The third-order valence-electron chi connectivity index (χ3n) is 9.30. The molecule has 2 N–H and O–H groups in total. The van der Waals surface area contributed by atoms with E-state index in [9.17, 15) is 27.6 Å². The summed E-state index contributed by atoms with van der Waals surface area (Å²) in [6.07, 6.45) is 2.96. The van der Waals surface area contributed by atoms with Crippen molar-refractivity contribution in [2.45, 2.75) is 75.4 Å². The fourth-order valence-electron chi connectivity index (χ4n) is 6.63. The lowest BCUT2D eigenvalue weighted by Crippen LogP contribution is -2.52. The molecule has 0 aliphatic carbocycles. The van der Waals surface area contributed by atoms with Crippen LogP contribution < -0.4 is 10.0 Å². The first-order chi connectivity index (χ1) is 21.3. The number of aryl methyl sites for hydroxylation is 1. The van der Waals surface area contributed by atoms with Crippen molar-refractivity contribution >= 4 is 11.7 Å². The van der Waals surface area contributed by atoms with Gasteiger partial charge in [-0.3, -0.25) is 19.8 Å². The SMILES string of the molecule is C[C@@H](C(=O)Nc1cn2c(n1)CC[C@@H]2c1cc(F)cc(F)c1)N1CCC(F)(F)[C@H](c2cc[n+](O)c(CN3CCC(F)(F)CC3)c2)C1. The second-order valence-electron chi connectivity index (χ2n) is 12.4. The zero-order valence-corrected chi connectivity index (χ0v) is 24.7. The Bertz CT molecular complexity index is 1550. The number of piperidine rings is 2. The average Bonchev–Trinajstić information content (AvgIpc) is 3.55. The summed E-state index contributed by atoms with van der Waals surface area (Å²) in [5.74, 6) is -7.94. The van der Waals surface area contributed by atoms with Gasteiger partial charge in [-0.1, -0.05) is 0 Å². The number of carbonyl (C=O) groups excluding carboxylic acids is 1. The van der Waals surface area contributed by atoms with Gasteiger partial charge in [0.15, 0.2) is 5.82 Å². The second-order valence-corrected chi connectivity index (χ2v) is 12.4. The van der Waals surface area contributed by atoms with Crippen molar-refractivity contribution in [3.05, 3.63) is 77.0 Å². The molecular formula is C31H35F6N6O2+. The topological polar surface area (TPSA) is 77.5 Å². The number of amides is 1. The fraction of sp³-hybridized carbons (Fsp3) is 0.516. The van der Waals surface area contributed by atoms with Crippen LogP contribution in [0.4, 0.5) is 32.2 Å². The number of alkyl halides is 4. The number of hydrogen-bond acceptors (Lipinski definition) is 5. The van der Waals surface area contributed by atoms with E-state index in [1.54, 1.807) is 27.5 Å². The van der Waals surface area contributed by atoms with E-state index in [0.717, 1.165) is 10.8 Å². The third kappa shape index (κ3) is 6.67. The Hall–Kier alpha value is -3.65. The normalized spacial score (nSPS) is 23.9. The first-order valence-corrected chi connectivity index (χ1v) is 15.1.